The van der Waals surface area contributed by atoms with Crippen LogP contribution < -0.4 is 0 Å². The largest absolute Gasteiger partial charge is 0.417 e. The van der Waals surface area contributed by atoms with E-state index in [1.54, 1.807) is 0 Å². The summed E-state index contributed by atoms with van der Waals surface area (Å²) in [5.74, 6) is -0.145. The Kier molecular flexibility index (Phi) is 4.84. The minimum absolute atomic E-state index is 0.0244. The summed E-state index contributed by atoms with van der Waals surface area (Å²) in [6.45, 7) is 1.47. The zero-order chi connectivity index (χ0) is 20.7. The first kappa shape index (κ1) is 19.8. The normalized spacial score (nSPS) is 12.3. The minimum Gasteiger partial charge on any atom is -0.310 e. The number of hydrogen-bond donors (Lipinski definition) is 0. The number of aryl methyl sites for hydroxylation is 1. The number of rotatable bonds is 4. The summed E-state index contributed by atoms with van der Waals surface area (Å²) in [6.07, 6.45) is -3.95. The molecule has 146 valence electrons. The second-order valence-corrected chi connectivity index (χ2v) is 8.19. The standard InChI is InChI=1S/C17H14F3N5O2S/c1-3-28(26,27)13-5-4-11(6-7-21)23-14(13)16-24-12-8-10(17(18,19)20)9-22-15(12)25(16)2/h4-5,8-9H,3,6H2,1-2H3. The smallest absolute Gasteiger partial charge is 0.310 e. The third-order valence-corrected chi connectivity index (χ3v) is 5.90. The van der Waals surface area contributed by atoms with E-state index in [1.165, 1.54) is 30.7 Å². The summed E-state index contributed by atoms with van der Waals surface area (Å²) >= 11 is 0. The highest BCUT2D eigenvalue weighted by atomic mass is 32.2. The van der Waals surface area contributed by atoms with Crippen LogP contribution in [0.5, 0.6) is 0 Å². The molecule has 0 unspecified atom stereocenters. The van der Waals surface area contributed by atoms with Crippen LogP contribution in [0.1, 0.15) is 18.2 Å². The van der Waals surface area contributed by atoms with Crippen molar-refractivity contribution in [3.05, 3.63) is 35.7 Å². The number of fused-ring (bicyclic) bond motifs is 1. The highest BCUT2D eigenvalue weighted by Gasteiger charge is 2.32. The number of sulfone groups is 1. The van der Waals surface area contributed by atoms with Crippen molar-refractivity contribution in [2.45, 2.75) is 24.4 Å². The third kappa shape index (κ3) is 3.43. The SMILES string of the molecule is CCS(=O)(=O)c1ccc(CC#N)nc1-c1nc2cc(C(F)(F)F)cnc2n1C. The van der Waals surface area contributed by atoms with E-state index in [0.717, 1.165) is 6.07 Å². The van der Waals surface area contributed by atoms with Gasteiger partial charge in [-0.1, -0.05) is 6.92 Å². The van der Waals surface area contributed by atoms with E-state index in [1.807, 2.05) is 6.07 Å². The summed E-state index contributed by atoms with van der Waals surface area (Å²) < 4.78 is 65.2. The summed E-state index contributed by atoms with van der Waals surface area (Å²) in [6, 6.07) is 5.53. The van der Waals surface area contributed by atoms with Gasteiger partial charge in [-0.05, 0) is 18.2 Å². The molecule has 0 fully saturated rings. The lowest BCUT2D eigenvalue weighted by Crippen LogP contribution is -2.10. The minimum atomic E-state index is -4.58. The van der Waals surface area contributed by atoms with Gasteiger partial charge in [-0.3, -0.25) is 0 Å². The van der Waals surface area contributed by atoms with E-state index in [-0.39, 0.29) is 39.8 Å². The molecule has 3 rings (SSSR count). The summed E-state index contributed by atoms with van der Waals surface area (Å²) in [7, 11) is -2.19. The van der Waals surface area contributed by atoms with E-state index < -0.39 is 21.6 Å². The number of pyridine rings is 2. The highest BCUT2D eigenvalue weighted by Crippen LogP contribution is 2.32. The molecule has 0 saturated heterocycles. The maximum absolute atomic E-state index is 13.0. The second kappa shape index (κ2) is 6.87. The molecule has 0 aliphatic rings. The average Bonchev–Trinajstić information content (AvgIpc) is 2.97. The van der Waals surface area contributed by atoms with Crippen LogP contribution in [0.15, 0.2) is 29.3 Å². The van der Waals surface area contributed by atoms with Crippen molar-refractivity contribution in [1.82, 2.24) is 19.5 Å². The van der Waals surface area contributed by atoms with E-state index in [4.69, 9.17) is 5.26 Å². The van der Waals surface area contributed by atoms with Gasteiger partial charge in [0.2, 0.25) is 0 Å². The summed E-state index contributed by atoms with van der Waals surface area (Å²) in [4.78, 5) is 12.1. The van der Waals surface area contributed by atoms with Crippen molar-refractivity contribution in [2.24, 2.45) is 7.05 Å². The molecule has 0 N–H and O–H groups in total. The first-order valence-electron chi connectivity index (χ1n) is 8.08. The van der Waals surface area contributed by atoms with Gasteiger partial charge in [0.15, 0.2) is 21.3 Å². The Hall–Kier alpha value is -3.00. The predicted molar refractivity (Wildman–Crippen MR) is 93.8 cm³/mol. The van der Waals surface area contributed by atoms with Crippen LogP contribution in [0.2, 0.25) is 0 Å². The second-order valence-electron chi connectivity index (χ2n) is 5.95. The molecule has 0 saturated carbocycles. The predicted octanol–water partition coefficient (Wildman–Crippen LogP) is 2.91. The Balaban J connectivity index is 2.30. The monoisotopic (exact) mass is 409 g/mol. The fraction of sp³-hybridized carbons (Fsp3) is 0.294. The summed E-state index contributed by atoms with van der Waals surface area (Å²) in [5, 5.41) is 8.89. The van der Waals surface area contributed by atoms with Crippen molar-refractivity contribution < 1.29 is 21.6 Å². The Morgan fingerprint density at radius 2 is 1.96 bits per heavy atom. The van der Waals surface area contributed by atoms with Gasteiger partial charge in [0.1, 0.15) is 11.2 Å². The lowest BCUT2D eigenvalue weighted by atomic mass is 10.2. The van der Waals surface area contributed by atoms with Crippen molar-refractivity contribution in [3.63, 3.8) is 0 Å². The lowest BCUT2D eigenvalue weighted by molar-refractivity contribution is -0.137. The summed E-state index contributed by atoms with van der Waals surface area (Å²) in [5.41, 5.74) is -0.556. The molecular weight excluding hydrogens is 395 g/mol. The maximum Gasteiger partial charge on any atom is 0.417 e. The number of nitrogens with zero attached hydrogens (tertiary/aromatic N) is 5. The Bertz CT molecular complexity index is 1210. The number of imidazole rings is 1. The van der Waals surface area contributed by atoms with E-state index in [9.17, 15) is 21.6 Å². The molecule has 0 bridgehead atoms. The molecule has 3 aromatic heterocycles. The number of nitriles is 1. The maximum atomic E-state index is 13.0. The van der Waals surface area contributed by atoms with Crippen molar-refractivity contribution in [2.75, 3.05) is 5.75 Å². The Morgan fingerprint density at radius 1 is 1.25 bits per heavy atom. The number of alkyl halides is 3. The van der Waals surface area contributed by atoms with Gasteiger partial charge in [0, 0.05) is 13.2 Å². The first-order chi connectivity index (χ1) is 13.1. The molecule has 3 aromatic rings. The number of halogens is 3. The quantitative estimate of drug-likeness (QED) is 0.657. The number of aromatic nitrogens is 4. The zero-order valence-electron chi connectivity index (χ0n) is 14.8. The first-order valence-corrected chi connectivity index (χ1v) is 9.73. The van der Waals surface area contributed by atoms with Crippen LogP contribution >= 0.6 is 0 Å². The van der Waals surface area contributed by atoms with Gasteiger partial charge in [0.05, 0.1) is 34.4 Å². The molecule has 28 heavy (non-hydrogen) atoms. The van der Waals surface area contributed by atoms with Crippen LogP contribution in [-0.4, -0.2) is 33.7 Å². The Labute approximate surface area is 158 Å². The molecule has 3 heterocycles. The van der Waals surface area contributed by atoms with Gasteiger partial charge in [-0.15, -0.1) is 0 Å². The highest BCUT2D eigenvalue weighted by molar-refractivity contribution is 7.91. The molecule has 0 radical (unpaired) electrons. The topological polar surface area (TPSA) is 102 Å². The van der Waals surface area contributed by atoms with Crippen LogP contribution in [0.25, 0.3) is 22.7 Å². The van der Waals surface area contributed by atoms with E-state index in [0.29, 0.717) is 11.9 Å². The van der Waals surface area contributed by atoms with Crippen molar-refractivity contribution in [1.29, 1.82) is 5.26 Å². The molecule has 0 aliphatic heterocycles. The third-order valence-electron chi connectivity index (χ3n) is 4.14. The molecule has 0 atom stereocenters. The molecule has 0 spiro atoms. The van der Waals surface area contributed by atoms with E-state index in [2.05, 4.69) is 15.0 Å². The van der Waals surface area contributed by atoms with Crippen LogP contribution in [0, 0.1) is 11.3 Å². The molecule has 11 heteroatoms. The van der Waals surface area contributed by atoms with Crippen molar-refractivity contribution >= 4 is 21.0 Å². The Morgan fingerprint density at radius 3 is 2.57 bits per heavy atom. The van der Waals surface area contributed by atoms with Gasteiger partial charge >= 0.3 is 6.18 Å². The van der Waals surface area contributed by atoms with Gasteiger partial charge in [0.25, 0.3) is 0 Å². The fourth-order valence-corrected chi connectivity index (χ4v) is 3.69. The van der Waals surface area contributed by atoms with Crippen LogP contribution in [0.3, 0.4) is 0 Å². The van der Waals surface area contributed by atoms with Crippen LogP contribution in [0.4, 0.5) is 13.2 Å². The molecule has 0 aliphatic carbocycles. The molecule has 7 nitrogen and oxygen atoms in total. The van der Waals surface area contributed by atoms with Crippen LogP contribution in [-0.2, 0) is 29.5 Å². The average molecular weight is 409 g/mol. The molecular formula is C17H14F3N5O2S. The molecule has 0 amide bonds. The van der Waals surface area contributed by atoms with Gasteiger partial charge in [-0.25, -0.2) is 23.4 Å². The zero-order valence-corrected chi connectivity index (χ0v) is 15.6. The lowest BCUT2D eigenvalue weighted by Gasteiger charge is -2.10. The fourth-order valence-electron chi connectivity index (χ4n) is 2.68. The molecule has 0 aromatic carbocycles. The van der Waals surface area contributed by atoms with Gasteiger partial charge in [-0.2, -0.15) is 18.4 Å². The number of hydrogen-bond acceptors (Lipinski definition) is 6. The van der Waals surface area contributed by atoms with Gasteiger partial charge < -0.3 is 4.57 Å². The van der Waals surface area contributed by atoms with E-state index >= 15 is 0 Å². The van der Waals surface area contributed by atoms with Crippen molar-refractivity contribution in [3.8, 4) is 17.6 Å².